The van der Waals surface area contributed by atoms with Crippen LogP contribution in [0.2, 0.25) is 5.02 Å². The largest absolute Gasteiger partial charge is 0.488 e. The molecule has 144 valence electrons. The van der Waals surface area contributed by atoms with E-state index in [9.17, 15) is 10.1 Å². The van der Waals surface area contributed by atoms with Crippen LogP contribution in [0.5, 0.6) is 5.75 Å². The van der Waals surface area contributed by atoms with Gasteiger partial charge in [-0.05, 0) is 75.1 Å². The maximum atomic E-state index is 11.0. The van der Waals surface area contributed by atoms with Crippen LogP contribution < -0.4 is 4.74 Å². The number of hydrogen-bond donors (Lipinski definition) is 1. The zero-order chi connectivity index (χ0) is 20.8. The van der Waals surface area contributed by atoms with Crippen molar-refractivity contribution in [1.82, 2.24) is 0 Å². The van der Waals surface area contributed by atoms with Crippen molar-refractivity contribution in [2.75, 3.05) is 0 Å². The number of nitriles is 1. The number of hydrogen-bond acceptors (Lipinski definition) is 3. The molecule has 0 atom stereocenters. The Morgan fingerprint density at radius 2 is 1.72 bits per heavy atom. The van der Waals surface area contributed by atoms with E-state index >= 15 is 0 Å². The number of allylic oxidation sites excluding steroid dienone is 1. The molecular weight excluding hydrogens is 454 g/mol. The average Bonchev–Trinajstić information content (AvgIpc) is 2.72. The molecule has 0 saturated heterocycles. The van der Waals surface area contributed by atoms with Gasteiger partial charge in [0.2, 0.25) is 0 Å². The SMILES string of the molecule is N#C/C(=C/c1ccc(OCc2ccc(Cl)cc2)c(Br)c1)c1ccc(C(=O)O)cc1. The fourth-order valence-corrected chi connectivity index (χ4v) is 3.24. The van der Waals surface area contributed by atoms with E-state index in [-0.39, 0.29) is 5.56 Å². The fraction of sp³-hybridized carbons (Fsp3) is 0.0435. The summed E-state index contributed by atoms with van der Waals surface area (Å²) >= 11 is 9.39. The minimum Gasteiger partial charge on any atom is -0.488 e. The zero-order valence-electron chi connectivity index (χ0n) is 15.1. The monoisotopic (exact) mass is 467 g/mol. The number of carbonyl (C=O) groups is 1. The summed E-state index contributed by atoms with van der Waals surface area (Å²) in [5, 5.41) is 19.2. The lowest BCUT2D eigenvalue weighted by molar-refractivity contribution is 0.0697. The third kappa shape index (κ3) is 5.47. The van der Waals surface area contributed by atoms with Gasteiger partial charge in [0, 0.05) is 5.02 Å². The molecule has 0 heterocycles. The molecule has 0 fully saturated rings. The second-order valence-corrected chi connectivity index (χ2v) is 7.45. The minimum absolute atomic E-state index is 0.177. The molecule has 0 aliphatic heterocycles. The van der Waals surface area contributed by atoms with E-state index in [4.69, 9.17) is 21.4 Å². The van der Waals surface area contributed by atoms with Gasteiger partial charge in [-0.2, -0.15) is 5.26 Å². The molecule has 3 aromatic carbocycles. The topological polar surface area (TPSA) is 70.3 Å². The van der Waals surface area contributed by atoms with Gasteiger partial charge < -0.3 is 9.84 Å². The zero-order valence-corrected chi connectivity index (χ0v) is 17.4. The first-order valence-corrected chi connectivity index (χ1v) is 9.75. The smallest absolute Gasteiger partial charge is 0.335 e. The Balaban J connectivity index is 1.76. The maximum absolute atomic E-state index is 11.0. The van der Waals surface area contributed by atoms with Gasteiger partial charge in [0.25, 0.3) is 0 Å². The third-order valence-corrected chi connectivity index (χ3v) is 5.01. The number of nitrogens with zero attached hydrogens (tertiary/aromatic N) is 1. The van der Waals surface area contributed by atoms with E-state index < -0.39 is 5.97 Å². The number of rotatable bonds is 6. The average molecular weight is 469 g/mol. The molecule has 6 heteroatoms. The first kappa shape index (κ1) is 20.7. The van der Waals surface area contributed by atoms with Gasteiger partial charge >= 0.3 is 5.97 Å². The summed E-state index contributed by atoms with van der Waals surface area (Å²) in [6.07, 6.45) is 1.74. The maximum Gasteiger partial charge on any atom is 0.335 e. The highest BCUT2D eigenvalue weighted by Gasteiger charge is 2.07. The second kappa shape index (κ2) is 9.42. The van der Waals surface area contributed by atoms with Crippen LogP contribution in [0.4, 0.5) is 0 Å². The lowest BCUT2D eigenvalue weighted by Crippen LogP contribution is -1.96. The lowest BCUT2D eigenvalue weighted by Gasteiger charge is -2.09. The van der Waals surface area contributed by atoms with Gasteiger partial charge in [0.05, 0.1) is 21.7 Å². The highest BCUT2D eigenvalue weighted by Crippen LogP contribution is 2.29. The van der Waals surface area contributed by atoms with Crippen molar-refractivity contribution >= 4 is 45.1 Å². The Morgan fingerprint density at radius 3 is 2.31 bits per heavy atom. The van der Waals surface area contributed by atoms with E-state index in [0.29, 0.717) is 28.5 Å². The second-order valence-electron chi connectivity index (χ2n) is 6.16. The van der Waals surface area contributed by atoms with Crippen molar-refractivity contribution in [3.05, 3.63) is 98.5 Å². The van der Waals surface area contributed by atoms with E-state index in [0.717, 1.165) is 15.6 Å². The molecule has 0 aromatic heterocycles. The van der Waals surface area contributed by atoms with Gasteiger partial charge in [-0.3, -0.25) is 0 Å². The van der Waals surface area contributed by atoms with Crippen LogP contribution in [0.25, 0.3) is 11.6 Å². The Hall–Kier alpha value is -3.07. The number of carboxylic acids is 1. The number of halogens is 2. The van der Waals surface area contributed by atoms with Gasteiger partial charge in [0.15, 0.2) is 0 Å². The highest BCUT2D eigenvalue weighted by atomic mass is 79.9. The van der Waals surface area contributed by atoms with E-state index in [1.165, 1.54) is 12.1 Å². The van der Waals surface area contributed by atoms with Crippen LogP contribution in [0, 0.1) is 11.3 Å². The van der Waals surface area contributed by atoms with Crippen LogP contribution in [-0.4, -0.2) is 11.1 Å². The Bertz CT molecular complexity index is 1100. The molecule has 3 aromatic rings. The summed E-state index contributed by atoms with van der Waals surface area (Å²) in [5.74, 6) is -0.321. The Kier molecular flexibility index (Phi) is 6.71. The number of aromatic carboxylic acids is 1. The standard InChI is InChI=1S/C23H15BrClNO3/c24-21-12-16(3-10-22(21)29-14-15-1-8-20(25)9-2-15)11-19(13-26)17-4-6-18(7-5-17)23(27)28/h1-12H,14H2,(H,27,28)/b19-11-. The van der Waals surface area contributed by atoms with Gasteiger partial charge in [0.1, 0.15) is 12.4 Å². The van der Waals surface area contributed by atoms with Crippen LogP contribution in [0.3, 0.4) is 0 Å². The van der Waals surface area contributed by atoms with Crippen molar-refractivity contribution in [3.63, 3.8) is 0 Å². The van der Waals surface area contributed by atoms with Crippen molar-refractivity contribution in [3.8, 4) is 11.8 Å². The molecule has 0 radical (unpaired) electrons. The summed E-state index contributed by atoms with van der Waals surface area (Å²) in [6.45, 7) is 0.407. The molecule has 3 rings (SSSR count). The van der Waals surface area contributed by atoms with Crippen LogP contribution in [0.15, 0.2) is 71.2 Å². The minimum atomic E-state index is -1.00. The summed E-state index contributed by atoms with van der Waals surface area (Å²) in [4.78, 5) is 11.0. The molecule has 0 bridgehead atoms. The van der Waals surface area contributed by atoms with E-state index in [1.807, 2.05) is 42.5 Å². The van der Waals surface area contributed by atoms with Crippen molar-refractivity contribution in [2.24, 2.45) is 0 Å². The molecule has 4 nitrogen and oxygen atoms in total. The normalized spacial score (nSPS) is 11.0. The van der Waals surface area contributed by atoms with Crippen LogP contribution >= 0.6 is 27.5 Å². The van der Waals surface area contributed by atoms with Crippen LogP contribution in [-0.2, 0) is 6.61 Å². The van der Waals surface area contributed by atoms with Crippen LogP contribution in [0.1, 0.15) is 27.0 Å². The molecule has 0 aliphatic rings. The highest BCUT2D eigenvalue weighted by molar-refractivity contribution is 9.10. The van der Waals surface area contributed by atoms with E-state index in [2.05, 4.69) is 22.0 Å². The molecule has 0 amide bonds. The molecule has 0 spiro atoms. The lowest BCUT2D eigenvalue weighted by atomic mass is 10.0. The molecule has 0 aliphatic carbocycles. The summed E-state index contributed by atoms with van der Waals surface area (Å²) in [7, 11) is 0. The van der Waals surface area contributed by atoms with Gasteiger partial charge in [-0.15, -0.1) is 0 Å². The predicted octanol–water partition coefficient (Wildman–Crippen LogP) is 6.44. The molecule has 0 saturated carbocycles. The van der Waals surface area contributed by atoms with Gasteiger partial charge in [-0.25, -0.2) is 4.79 Å². The first-order valence-electron chi connectivity index (χ1n) is 8.58. The van der Waals surface area contributed by atoms with Crippen molar-refractivity contribution in [1.29, 1.82) is 5.26 Å². The predicted molar refractivity (Wildman–Crippen MR) is 117 cm³/mol. The third-order valence-electron chi connectivity index (χ3n) is 4.14. The van der Waals surface area contributed by atoms with Crippen molar-refractivity contribution < 1.29 is 14.6 Å². The summed E-state index contributed by atoms with van der Waals surface area (Å²) in [6, 6.07) is 21.3. The number of carboxylic acid groups (broad SMARTS) is 1. The molecular formula is C23H15BrClNO3. The molecule has 1 N–H and O–H groups in total. The molecule has 29 heavy (non-hydrogen) atoms. The fourth-order valence-electron chi connectivity index (χ4n) is 2.60. The number of ether oxygens (including phenoxy) is 1. The summed E-state index contributed by atoms with van der Waals surface area (Å²) in [5.41, 5.74) is 3.08. The first-order chi connectivity index (χ1) is 14.0. The van der Waals surface area contributed by atoms with E-state index in [1.54, 1.807) is 18.2 Å². The summed E-state index contributed by atoms with van der Waals surface area (Å²) < 4.78 is 6.60. The van der Waals surface area contributed by atoms with Gasteiger partial charge in [-0.1, -0.05) is 41.9 Å². The quantitative estimate of drug-likeness (QED) is 0.334. The molecule has 0 unspecified atom stereocenters. The number of benzene rings is 3. The Labute approximate surface area is 181 Å². The Morgan fingerprint density at radius 1 is 1.07 bits per heavy atom. The van der Waals surface area contributed by atoms with Crippen molar-refractivity contribution in [2.45, 2.75) is 6.61 Å².